The summed E-state index contributed by atoms with van der Waals surface area (Å²) in [5, 5.41) is 13.4. The molecule has 108 valence electrons. The fourth-order valence-corrected chi connectivity index (χ4v) is 2.03. The highest BCUT2D eigenvalue weighted by Crippen LogP contribution is 2.14. The highest BCUT2D eigenvalue weighted by atomic mass is 35.5. The van der Waals surface area contributed by atoms with Crippen molar-refractivity contribution < 1.29 is 5.11 Å². The van der Waals surface area contributed by atoms with Gasteiger partial charge in [-0.15, -0.1) is 0 Å². The van der Waals surface area contributed by atoms with Crippen molar-refractivity contribution in [1.82, 2.24) is 15.3 Å². The largest absolute Gasteiger partial charge is 0.396 e. The highest BCUT2D eigenvalue weighted by Gasteiger charge is 2.11. The lowest BCUT2D eigenvalue weighted by molar-refractivity contribution is 0.206. The molecule has 1 aromatic heterocycles. The number of hydrogen-bond donors (Lipinski definition) is 3. The minimum Gasteiger partial charge on any atom is -0.396 e. The number of hydrogen-bond acceptors (Lipinski definition) is 4. The van der Waals surface area contributed by atoms with Gasteiger partial charge in [0.1, 0.15) is 5.82 Å². The first-order valence-corrected chi connectivity index (χ1v) is 6.91. The molecule has 20 heavy (non-hydrogen) atoms. The van der Waals surface area contributed by atoms with Gasteiger partial charge in [-0.25, -0.2) is 4.98 Å². The van der Waals surface area contributed by atoms with Crippen LogP contribution in [0.4, 0.5) is 0 Å². The van der Waals surface area contributed by atoms with E-state index in [4.69, 9.17) is 16.7 Å². The number of H-pyrrole nitrogens is 1. The Hall–Kier alpha value is -1.43. The number of benzene rings is 1. The minimum absolute atomic E-state index is 0.117. The van der Waals surface area contributed by atoms with E-state index in [1.165, 1.54) is 0 Å². The van der Waals surface area contributed by atoms with Crippen LogP contribution in [0.1, 0.15) is 19.7 Å². The van der Waals surface area contributed by atoms with Gasteiger partial charge in [-0.3, -0.25) is 4.79 Å². The van der Waals surface area contributed by atoms with Crippen molar-refractivity contribution in [2.45, 2.75) is 26.4 Å². The third-order valence-corrected chi connectivity index (χ3v) is 3.69. The van der Waals surface area contributed by atoms with Gasteiger partial charge in [-0.1, -0.05) is 18.5 Å². The lowest BCUT2D eigenvalue weighted by Crippen LogP contribution is -2.34. The molecule has 0 spiro atoms. The van der Waals surface area contributed by atoms with E-state index < -0.39 is 0 Å². The summed E-state index contributed by atoms with van der Waals surface area (Å²) < 4.78 is 0. The number of nitrogens with zero attached hydrogens (tertiary/aromatic N) is 1. The van der Waals surface area contributed by atoms with Gasteiger partial charge in [-0.2, -0.15) is 0 Å². The highest BCUT2D eigenvalue weighted by molar-refractivity contribution is 6.31. The molecule has 5 nitrogen and oxygen atoms in total. The molecule has 0 aliphatic carbocycles. The van der Waals surface area contributed by atoms with E-state index in [1.54, 1.807) is 18.2 Å². The van der Waals surface area contributed by atoms with Crippen LogP contribution in [0.3, 0.4) is 0 Å². The Kier molecular flexibility index (Phi) is 4.75. The fraction of sp³-hybridized carbons (Fsp3) is 0.429. The van der Waals surface area contributed by atoms with Crippen LogP contribution in [0.25, 0.3) is 10.9 Å². The number of rotatable bonds is 5. The molecular formula is C14H18ClN3O2. The Morgan fingerprint density at radius 1 is 1.45 bits per heavy atom. The predicted octanol–water partition coefficient (Wildman–Crippen LogP) is 1.68. The summed E-state index contributed by atoms with van der Waals surface area (Å²) in [6.45, 7) is 4.49. The van der Waals surface area contributed by atoms with Gasteiger partial charge in [0, 0.05) is 17.7 Å². The summed E-state index contributed by atoms with van der Waals surface area (Å²) in [7, 11) is 0. The van der Waals surface area contributed by atoms with Gasteiger partial charge in [-0.05, 0) is 31.0 Å². The van der Waals surface area contributed by atoms with Crippen molar-refractivity contribution in [3.63, 3.8) is 0 Å². The van der Waals surface area contributed by atoms with Crippen molar-refractivity contribution >= 4 is 22.5 Å². The molecule has 2 rings (SSSR count). The predicted molar refractivity (Wildman–Crippen MR) is 79.9 cm³/mol. The average Bonchev–Trinajstić information content (AvgIpc) is 2.43. The number of aromatic amines is 1. The number of aromatic nitrogens is 2. The molecule has 0 fully saturated rings. The summed E-state index contributed by atoms with van der Waals surface area (Å²) in [5.41, 5.74) is 0.409. The topological polar surface area (TPSA) is 78.0 Å². The molecule has 3 N–H and O–H groups in total. The Morgan fingerprint density at radius 3 is 2.90 bits per heavy atom. The quantitative estimate of drug-likeness (QED) is 0.784. The molecule has 0 saturated heterocycles. The first kappa shape index (κ1) is 15.0. The fourth-order valence-electron chi connectivity index (χ4n) is 1.86. The van der Waals surface area contributed by atoms with Crippen molar-refractivity contribution in [3.8, 4) is 0 Å². The van der Waals surface area contributed by atoms with E-state index in [9.17, 15) is 4.79 Å². The molecule has 0 aliphatic heterocycles. The molecule has 6 heteroatoms. The van der Waals surface area contributed by atoms with Gasteiger partial charge in [0.2, 0.25) is 0 Å². The Balaban J connectivity index is 2.21. The number of fused-ring (bicyclic) bond motifs is 1. The minimum atomic E-state index is -0.175. The Morgan fingerprint density at radius 2 is 2.20 bits per heavy atom. The molecule has 2 unspecified atom stereocenters. The van der Waals surface area contributed by atoms with Crippen LogP contribution >= 0.6 is 11.6 Å². The molecule has 2 aromatic rings. The van der Waals surface area contributed by atoms with E-state index in [-0.39, 0.29) is 24.1 Å². The van der Waals surface area contributed by atoms with Gasteiger partial charge < -0.3 is 15.4 Å². The van der Waals surface area contributed by atoms with E-state index in [0.29, 0.717) is 28.3 Å². The van der Waals surface area contributed by atoms with Crippen LogP contribution in [-0.4, -0.2) is 27.7 Å². The summed E-state index contributed by atoms with van der Waals surface area (Å²) >= 11 is 5.92. The van der Waals surface area contributed by atoms with E-state index in [2.05, 4.69) is 15.3 Å². The van der Waals surface area contributed by atoms with Crippen LogP contribution in [0.5, 0.6) is 0 Å². The smallest absolute Gasteiger partial charge is 0.258 e. The first-order valence-electron chi connectivity index (χ1n) is 6.54. The lowest BCUT2D eigenvalue weighted by Gasteiger charge is -2.18. The van der Waals surface area contributed by atoms with Crippen molar-refractivity contribution in [3.05, 3.63) is 39.4 Å². The van der Waals surface area contributed by atoms with Crippen LogP contribution in [0.2, 0.25) is 5.02 Å². The summed E-state index contributed by atoms with van der Waals surface area (Å²) in [6, 6.07) is 5.14. The monoisotopic (exact) mass is 295 g/mol. The third-order valence-electron chi connectivity index (χ3n) is 3.45. The van der Waals surface area contributed by atoms with Crippen molar-refractivity contribution in [2.75, 3.05) is 6.61 Å². The van der Waals surface area contributed by atoms with Crippen molar-refractivity contribution in [1.29, 1.82) is 0 Å². The Bertz CT molecular complexity index is 656. The van der Waals surface area contributed by atoms with Crippen LogP contribution in [-0.2, 0) is 6.54 Å². The molecular weight excluding hydrogens is 278 g/mol. The molecule has 0 radical (unpaired) electrons. The second-order valence-corrected chi connectivity index (χ2v) is 5.44. The summed E-state index contributed by atoms with van der Waals surface area (Å²) in [5.74, 6) is 0.693. The number of aliphatic hydroxyl groups is 1. The van der Waals surface area contributed by atoms with E-state index in [1.807, 2.05) is 13.8 Å². The molecule has 0 saturated carbocycles. The number of halogens is 1. The first-order chi connectivity index (χ1) is 9.51. The zero-order valence-electron chi connectivity index (χ0n) is 11.5. The normalized spacial score (nSPS) is 14.4. The summed E-state index contributed by atoms with van der Waals surface area (Å²) in [6.07, 6.45) is 0. The number of aliphatic hydroxyl groups excluding tert-OH is 1. The molecule has 2 atom stereocenters. The SMILES string of the molecule is CC(CO)C(C)NCc1nc2cc(Cl)ccc2c(=O)[nH]1. The maximum Gasteiger partial charge on any atom is 0.258 e. The second-order valence-electron chi connectivity index (χ2n) is 5.00. The van der Waals surface area contributed by atoms with Gasteiger partial charge >= 0.3 is 0 Å². The molecule has 0 aliphatic rings. The third kappa shape index (κ3) is 3.36. The van der Waals surface area contributed by atoms with E-state index in [0.717, 1.165) is 0 Å². The average molecular weight is 296 g/mol. The second kappa shape index (κ2) is 6.35. The van der Waals surface area contributed by atoms with Gasteiger partial charge in [0.15, 0.2) is 0 Å². The van der Waals surface area contributed by atoms with E-state index >= 15 is 0 Å². The zero-order chi connectivity index (χ0) is 14.7. The molecule has 0 bridgehead atoms. The van der Waals surface area contributed by atoms with Gasteiger partial charge in [0.05, 0.1) is 17.4 Å². The summed E-state index contributed by atoms with van der Waals surface area (Å²) in [4.78, 5) is 19.1. The van der Waals surface area contributed by atoms with Crippen molar-refractivity contribution in [2.24, 2.45) is 5.92 Å². The zero-order valence-corrected chi connectivity index (χ0v) is 12.2. The number of nitrogens with one attached hydrogen (secondary N) is 2. The molecule has 1 aromatic carbocycles. The van der Waals surface area contributed by atoms with Gasteiger partial charge in [0.25, 0.3) is 5.56 Å². The lowest BCUT2D eigenvalue weighted by atomic mass is 10.1. The van der Waals surface area contributed by atoms with Crippen LogP contribution < -0.4 is 10.9 Å². The standard InChI is InChI=1S/C14H18ClN3O2/c1-8(7-19)9(2)16-6-13-17-12-5-10(15)3-4-11(12)14(20)18-13/h3-5,8-9,16,19H,6-7H2,1-2H3,(H,17,18,20). The van der Waals surface area contributed by atoms with Crippen LogP contribution in [0.15, 0.2) is 23.0 Å². The maximum atomic E-state index is 11.9. The van der Waals surface area contributed by atoms with Crippen LogP contribution in [0, 0.1) is 5.92 Å². The molecule has 1 heterocycles. The molecule has 0 amide bonds. The Labute approximate surface area is 122 Å². The maximum absolute atomic E-state index is 11.9.